The molecule has 1 aliphatic heterocycles. The van der Waals surface area contributed by atoms with Crippen LogP contribution in [0.4, 0.5) is 0 Å². The SMILES string of the molecule is CC(N)CN1CC[C@@H]2CCCC[C@@H]21. The molecular weight excluding hydrogens is 160 g/mol. The lowest BCUT2D eigenvalue weighted by Crippen LogP contribution is -2.41. The average Bonchev–Trinajstić information content (AvgIpc) is 2.48. The second kappa shape index (κ2) is 3.97. The van der Waals surface area contributed by atoms with Gasteiger partial charge < -0.3 is 5.73 Å². The Bertz CT molecular complexity index is 167. The van der Waals surface area contributed by atoms with Crippen molar-refractivity contribution in [1.29, 1.82) is 0 Å². The summed E-state index contributed by atoms with van der Waals surface area (Å²) in [5.41, 5.74) is 5.85. The molecule has 0 radical (unpaired) electrons. The number of fused-ring (bicyclic) bond motifs is 1. The summed E-state index contributed by atoms with van der Waals surface area (Å²) in [6, 6.07) is 1.24. The topological polar surface area (TPSA) is 29.3 Å². The van der Waals surface area contributed by atoms with E-state index in [1.54, 1.807) is 0 Å². The van der Waals surface area contributed by atoms with E-state index in [0.717, 1.165) is 18.5 Å². The van der Waals surface area contributed by atoms with Crippen LogP contribution in [0.2, 0.25) is 0 Å². The van der Waals surface area contributed by atoms with Crippen molar-refractivity contribution in [3.63, 3.8) is 0 Å². The molecule has 2 aliphatic rings. The Kier molecular flexibility index (Phi) is 2.89. The van der Waals surface area contributed by atoms with Crippen LogP contribution >= 0.6 is 0 Å². The Morgan fingerprint density at radius 3 is 2.85 bits per heavy atom. The fraction of sp³-hybridized carbons (Fsp3) is 1.00. The molecule has 1 saturated carbocycles. The molecule has 0 aromatic carbocycles. The molecular formula is C11H22N2. The Morgan fingerprint density at radius 2 is 2.08 bits per heavy atom. The molecule has 0 spiro atoms. The number of likely N-dealkylation sites (tertiary alicyclic amines) is 1. The summed E-state index contributed by atoms with van der Waals surface area (Å²) in [6.07, 6.45) is 7.23. The molecule has 1 heterocycles. The van der Waals surface area contributed by atoms with Crippen molar-refractivity contribution in [2.75, 3.05) is 13.1 Å². The van der Waals surface area contributed by atoms with Gasteiger partial charge in [0.25, 0.3) is 0 Å². The summed E-state index contributed by atoms with van der Waals surface area (Å²) in [7, 11) is 0. The summed E-state index contributed by atoms with van der Waals surface area (Å²) >= 11 is 0. The molecule has 1 saturated heterocycles. The molecule has 2 N–H and O–H groups in total. The number of rotatable bonds is 2. The lowest BCUT2D eigenvalue weighted by Gasteiger charge is -2.32. The van der Waals surface area contributed by atoms with Crippen LogP contribution in [0.25, 0.3) is 0 Å². The lowest BCUT2D eigenvalue weighted by molar-refractivity contribution is 0.176. The quantitative estimate of drug-likeness (QED) is 0.703. The van der Waals surface area contributed by atoms with Crippen LogP contribution in [-0.4, -0.2) is 30.1 Å². The van der Waals surface area contributed by atoms with Crippen molar-refractivity contribution in [2.45, 2.75) is 51.1 Å². The molecule has 13 heavy (non-hydrogen) atoms. The van der Waals surface area contributed by atoms with Crippen LogP contribution in [0.3, 0.4) is 0 Å². The van der Waals surface area contributed by atoms with Gasteiger partial charge >= 0.3 is 0 Å². The molecule has 3 atom stereocenters. The van der Waals surface area contributed by atoms with Gasteiger partial charge in [0.1, 0.15) is 0 Å². The van der Waals surface area contributed by atoms with Gasteiger partial charge in [-0.1, -0.05) is 12.8 Å². The van der Waals surface area contributed by atoms with Crippen LogP contribution in [0, 0.1) is 5.92 Å². The Labute approximate surface area is 81.5 Å². The van der Waals surface area contributed by atoms with E-state index in [1.807, 2.05) is 0 Å². The highest BCUT2D eigenvalue weighted by atomic mass is 15.2. The predicted molar refractivity (Wildman–Crippen MR) is 55.6 cm³/mol. The van der Waals surface area contributed by atoms with Gasteiger partial charge in [-0.15, -0.1) is 0 Å². The van der Waals surface area contributed by atoms with Crippen LogP contribution < -0.4 is 5.73 Å². The zero-order valence-electron chi connectivity index (χ0n) is 8.71. The van der Waals surface area contributed by atoms with Crippen LogP contribution in [0.15, 0.2) is 0 Å². The number of nitrogens with two attached hydrogens (primary N) is 1. The van der Waals surface area contributed by atoms with Gasteiger partial charge in [-0.25, -0.2) is 0 Å². The van der Waals surface area contributed by atoms with Crippen molar-refractivity contribution in [2.24, 2.45) is 11.7 Å². The van der Waals surface area contributed by atoms with E-state index in [1.165, 1.54) is 38.6 Å². The minimum atomic E-state index is 0.348. The first-order chi connectivity index (χ1) is 6.27. The van der Waals surface area contributed by atoms with Gasteiger partial charge in [0.2, 0.25) is 0 Å². The normalized spacial score (nSPS) is 37.4. The van der Waals surface area contributed by atoms with Crippen LogP contribution in [0.5, 0.6) is 0 Å². The molecule has 2 nitrogen and oxygen atoms in total. The van der Waals surface area contributed by atoms with E-state index in [9.17, 15) is 0 Å². The van der Waals surface area contributed by atoms with Gasteiger partial charge in [0.15, 0.2) is 0 Å². The Balaban J connectivity index is 1.91. The van der Waals surface area contributed by atoms with Gasteiger partial charge in [0.05, 0.1) is 0 Å². The summed E-state index contributed by atoms with van der Waals surface area (Å²) in [5, 5.41) is 0. The third-order valence-electron chi connectivity index (χ3n) is 3.65. The predicted octanol–water partition coefficient (Wildman–Crippen LogP) is 1.60. The fourth-order valence-corrected chi connectivity index (χ4v) is 3.10. The maximum Gasteiger partial charge on any atom is 0.0139 e. The molecule has 1 unspecified atom stereocenters. The highest BCUT2D eigenvalue weighted by Crippen LogP contribution is 2.35. The van der Waals surface area contributed by atoms with Gasteiger partial charge in [0, 0.05) is 18.6 Å². The smallest absolute Gasteiger partial charge is 0.0139 e. The number of hydrogen-bond donors (Lipinski definition) is 1. The minimum Gasteiger partial charge on any atom is -0.327 e. The second-order valence-corrected chi connectivity index (χ2v) is 4.87. The first-order valence-electron chi connectivity index (χ1n) is 5.77. The van der Waals surface area contributed by atoms with Crippen molar-refractivity contribution in [3.05, 3.63) is 0 Å². The third-order valence-corrected chi connectivity index (χ3v) is 3.65. The van der Waals surface area contributed by atoms with Crippen molar-refractivity contribution < 1.29 is 0 Å². The van der Waals surface area contributed by atoms with Gasteiger partial charge in [-0.3, -0.25) is 4.90 Å². The van der Waals surface area contributed by atoms with Crippen molar-refractivity contribution >= 4 is 0 Å². The van der Waals surface area contributed by atoms with Gasteiger partial charge in [-0.2, -0.15) is 0 Å². The number of nitrogens with zero attached hydrogens (tertiary/aromatic N) is 1. The van der Waals surface area contributed by atoms with Crippen molar-refractivity contribution in [1.82, 2.24) is 4.90 Å². The van der Waals surface area contributed by atoms with E-state index >= 15 is 0 Å². The largest absolute Gasteiger partial charge is 0.327 e. The van der Waals surface area contributed by atoms with E-state index in [-0.39, 0.29) is 0 Å². The average molecular weight is 182 g/mol. The lowest BCUT2D eigenvalue weighted by atomic mass is 9.85. The summed E-state index contributed by atoms with van der Waals surface area (Å²) in [6.45, 7) is 4.54. The van der Waals surface area contributed by atoms with E-state index in [2.05, 4.69) is 11.8 Å². The summed E-state index contributed by atoms with van der Waals surface area (Å²) in [4.78, 5) is 2.63. The zero-order valence-corrected chi connectivity index (χ0v) is 8.71. The third kappa shape index (κ3) is 2.05. The van der Waals surface area contributed by atoms with E-state index in [4.69, 9.17) is 5.73 Å². The molecule has 2 heteroatoms. The molecule has 76 valence electrons. The number of hydrogen-bond acceptors (Lipinski definition) is 2. The van der Waals surface area contributed by atoms with E-state index < -0.39 is 0 Å². The highest BCUT2D eigenvalue weighted by molar-refractivity contribution is 4.90. The first kappa shape index (κ1) is 9.47. The maximum atomic E-state index is 5.85. The Hall–Kier alpha value is -0.0800. The molecule has 2 fully saturated rings. The fourth-order valence-electron chi connectivity index (χ4n) is 3.10. The van der Waals surface area contributed by atoms with Gasteiger partial charge in [-0.05, 0) is 38.6 Å². The van der Waals surface area contributed by atoms with Crippen molar-refractivity contribution in [3.8, 4) is 0 Å². The van der Waals surface area contributed by atoms with E-state index in [0.29, 0.717) is 6.04 Å². The molecule has 0 aromatic rings. The molecule has 0 bridgehead atoms. The van der Waals surface area contributed by atoms with Crippen LogP contribution in [-0.2, 0) is 0 Å². The highest BCUT2D eigenvalue weighted by Gasteiger charge is 2.35. The summed E-state index contributed by atoms with van der Waals surface area (Å²) in [5.74, 6) is 1.01. The first-order valence-corrected chi connectivity index (χ1v) is 5.77. The monoisotopic (exact) mass is 182 g/mol. The summed E-state index contributed by atoms with van der Waals surface area (Å²) < 4.78 is 0. The molecule has 0 amide bonds. The van der Waals surface area contributed by atoms with Crippen LogP contribution in [0.1, 0.15) is 39.0 Å². The molecule has 0 aromatic heterocycles. The second-order valence-electron chi connectivity index (χ2n) is 4.87. The maximum absolute atomic E-state index is 5.85. The standard InChI is InChI=1S/C11H22N2/c1-9(12)8-13-7-6-10-4-2-3-5-11(10)13/h9-11H,2-8,12H2,1H3/t9?,10-,11-/m0/s1. The Morgan fingerprint density at radius 1 is 1.31 bits per heavy atom. The zero-order chi connectivity index (χ0) is 9.26. The minimum absolute atomic E-state index is 0.348. The molecule has 1 aliphatic carbocycles. The molecule has 2 rings (SSSR count).